The van der Waals surface area contributed by atoms with Gasteiger partial charge in [-0.3, -0.25) is 4.79 Å². The zero-order chi connectivity index (χ0) is 18.2. The number of ether oxygens (including phenoxy) is 1. The van der Waals surface area contributed by atoms with Gasteiger partial charge in [0.25, 0.3) is 0 Å². The summed E-state index contributed by atoms with van der Waals surface area (Å²) in [5.41, 5.74) is 0. The van der Waals surface area contributed by atoms with Crippen molar-refractivity contribution in [1.29, 1.82) is 0 Å². The number of carbonyl (C=O) groups is 1. The van der Waals surface area contributed by atoms with Crippen molar-refractivity contribution in [3.63, 3.8) is 0 Å². The SMILES string of the molecule is CCCCCCCCCCCCC(CC(O)CO)C(=O)OC(C)C. The molecule has 0 amide bonds. The van der Waals surface area contributed by atoms with E-state index in [-0.39, 0.29) is 24.6 Å². The first-order valence-corrected chi connectivity index (χ1v) is 10.0. The molecule has 0 aromatic rings. The van der Waals surface area contributed by atoms with Crippen LogP contribution in [0.4, 0.5) is 0 Å². The maximum absolute atomic E-state index is 12.1. The Balaban J connectivity index is 3.83. The number of esters is 1. The summed E-state index contributed by atoms with van der Waals surface area (Å²) < 4.78 is 5.27. The smallest absolute Gasteiger partial charge is 0.309 e. The van der Waals surface area contributed by atoms with Gasteiger partial charge in [0, 0.05) is 0 Å². The van der Waals surface area contributed by atoms with Gasteiger partial charge in [0.1, 0.15) is 0 Å². The van der Waals surface area contributed by atoms with Crippen LogP contribution in [0.25, 0.3) is 0 Å². The molecule has 24 heavy (non-hydrogen) atoms. The van der Waals surface area contributed by atoms with E-state index in [1.54, 1.807) is 0 Å². The van der Waals surface area contributed by atoms with Crippen molar-refractivity contribution >= 4 is 5.97 Å². The molecule has 2 atom stereocenters. The van der Waals surface area contributed by atoms with Crippen LogP contribution < -0.4 is 0 Å². The van der Waals surface area contributed by atoms with Crippen LogP contribution in [0.15, 0.2) is 0 Å². The summed E-state index contributed by atoms with van der Waals surface area (Å²) in [4.78, 5) is 12.1. The lowest BCUT2D eigenvalue weighted by Gasteiger charge is -2.19. The van der Waals surface area contributed by atoms with Gasteiger partial charge in [-0.05, 0) is 26.7 Å². The van der Waals surface area contributed by atoms with Crippen LogP contribution in [0.2, 0.25) is 0 Å². The molecule has 0 aliphatic heterocycles. The van der Waals surface area contributed by atoms with E-state index >= 15 is 0 Å². The van der Waals surface area contributed by atoms with E-state index in [1.165, 1.54) is 51.4 Å². The monoisotopic (exact) mass is 344 g/mol. The number of hydrogen-bond acceptors (Lipinski definition) is 4. The average Bonchev–Trinajstić information content (AvgIpc) is 2.54. The van der Waals surface area contributed by atoms with E-state index in [1.807, 2.05) is 13.8 Å². The highest BCUT2D eigenvalue weighted by atomic mass is 16.5. The standard InChI is InChI=1S/C20H40O4/c1-4-5-6-7-8-9-10-11-12-13-14-18(15-19(22)16-21)20(23)24-17(2)3/h17-19,21-22H,4-16H2,1-3H3. The topological polar surface area (TPSA) is 66.8 Å². The van der Waals surface area contributed by atoms with E-state index in [2.05, 4.69) is 6.92 Å². The summed E-state index contributed by atoms with van der Waals surface area (Å²) in [5.74, 6) is -0.544. The fourth-order valence-electron chi connectivity index (χ4n) is 2.94. The average molecular weight is 345 g/mol. The second-order valence-corrected chi connectivity index (χ2v) is 7.23. The van der Waals surface area contributed by atoms with Crippen LogP contribution in [0.5, 0.6) is 0 Å². The molecule has 0 saturated heterocycles. The van der Waals surface area contributed by atoms with Gasteiger partial charge >= 0.3 is 5.97 Å². The Bertz CT molecular complexity index is 291. The van der Waals surface area contributed by atoms with Gasteiger partial charge in [-0.2, -0.15) is 0 Å². The number of rotatable bonds is 16. The van der Waals surface area contributed by atoms with Crippen molar-refractivity contribution in [2.75, 3.05) is 6.61 Å². The van der Waals surface area contributed by atoms with Crippen molar-refractivity contribution in [3.8, 4) is 0 Å². The molecule has 144 valence electrons. The summed E-state index contributed by atoms with van der Waals surface area (Å²) >= 11 is 0. The molecule has 0 aliphatic rings. The van der Waals surface area contributed by atoms with Crippen LogP contribution in [0.1, 0.15) is 97.8 Å². The van der Waals surface area contributed by atoms with E-state index in [4.69, 9.17) is 9.84 Å². The van der Waals surface area contributed by atoms with Crippen LogP contribution in [0.3, 0.4) is 0 Å². The van der Waals surface area contributed by atoms with Gasteiger partial charge in [0.15, 0.2) is 0 Å². The molecule has 0 heterocycles. The second-order valence-electron chi connectivity index (χ2n) is 7.23. The predicted octanol–water partition coefficient (Wildman–Crippen LogP) is 4.61. The first-order valence-electron chi connectivity index (χ1n) is 10.0. The largest absolute Gasteiger partial charge is 0.463 e. The van der Waals surface area contributed by atoms with E-state index in [0.29, 0.717) is 6.42 Å². The molecule has 0 bridgehead atoms. The summed E-state index contributed by atoms with van der Waals surface area (Å²) in [7, 11) is 0. The molecule has 0 rings (SSSR count). The molecule has 0 spiro atoms. The Morgan fingerprint density at radius 3 is 1.88 bits per heavy atom. The number of aliphatic hydroxyl groups excluding tert-OH is 2. The Morgan fingerprint density at radius 2 is 1.42 bits per heavy atom. The highest BCUT2D eigenvalue weighted by Crippen LogP contribution is 2.19. The van der Waals surface area contributed by atoms with Crippen molar-refractivity contribution in [3.05, 3.63) is 0 Å². The Morgan fingerprint density at radius 1 is 0.917 bits per heavy atom. The molecule has 4 heteroatoms. The second kappa shape index (κ2) is 15.9. The maximum atomic E-state index is 12.1. The third-order valence-corrected chi connectivity index (χ3v) is 4.36. The fraction of sp³-hybridized carbons (Fsp3) is 0.950. The highest BCUT2D eigenvalue weighted by molar-refractivity contribution is 5.72. The van der Waals surface area contributed by atoms with Crippen LogP contribution in [0, 0.1) is 5.92 Å². The van der Waals surface area contributed by atoms with Crippen LogP contribution in [-0.2, 0) is 9.53 Å². The van der Waals surface area contributed by atoms with Crippen molar-refractivity contribution in [1.82, 2.24) is 0 Å². The third-order valence-electron chi connectivity index (χ3n) is 4.36. The van der Waals surface area contributed by atoms with Gasteiger partial charge in [-0.25, -0.2) is 0 Å². The minimum Gasteiger partial charge on any atom is -0.463 e. The van der Waals surface area contributed by atoms with Crippen LogP contribution in [-0.4, -0.2) is 35.0 Å². The Hall–Kier alpha value is -0.610. The minimum absolute atomic E-state index is 0.140. The van der Waals surface area contributed by atoms with E-state index in [9.17, 15) is 9.90 Å². The first kappa shape index (κ1) is 23.4. The van der Waals surface area contributed by atoms with Gasteiger partial charge in [0.05, 0.1) is 24.7 Å². The number of carbonyl (C=O) groups excluding carboxylic acids is 1. The number of unbranched alkanes of at least 4 members (excludes halogenated alkanes) is 9. The molecule has 0 saturated carbocycles. The van der Waals surface area contributed by atoms with Crippen molar-refractivity contribution in [2.24, 2.45) is 5.92 Å². The minimum atomic E-state index is -0.835. The molecule has 0 fully saturated rings. The summed E-state index contributed by atoms with van der Waals surface area (Å²) in [5, 5.41) is 18.6. The Labute approximate surface area is 149 Å². The normalized spacial score (nSPS) is 13.9. The predicted molar refractivity (Wildman–Crippen MR) is 98.9 cm³/mol. The van der Waals surface area contributed by atoms with Crippen molar-refractivity contribution < 1.29 is 19.7 Å². The lowest BCUT2D eigenvalue weighted by atomic mass is 9.94. The highest BCUT2D eigenvalue weighted by Gasteiger charge is 2.23. The molecular formula is C20H40O4. The van der Waals surface area contributed by atoms with Gasteiger partial charge in [-0.1, -0.05) is 71.1 Å². The first-order chi connectivity index (χ1) is 11.5. The zero-order valence-electron chi connectivity index (χ0n) is 16.1. The molecule has 0 aromatic heterocycles. The summed E-state index contributed by atoms with van der Waals surface area (Å²) in [6, 6.07) is 0. The van der Waals surface area contributed by atoms with E-state index < -0.39 is 6.10 Å². The van der Waals surface area contributed by atoms with Gasteiger partial charge in [0.2, 0.25) is 0 Å². The quantitative estimate of drug-likeness (QED) is 0.317. The van der Waals surface area contributed by atoms with Gasteiger partial charge < -0.3 is 14.9 Å². The zero-order valence-corrected chi connectivity index (χ0v) is 16.1. The molecule has 0 aliphatic carbocycles. The third kappa shape index (κ3) is 13.8. The number of aliphatic hydroxyl groups is 2. The van der Waals surface area contributed by atoms with Gasteiger partial charge in [-0.15, -0.1) is 0 Å². The molecule has 2 N–H and O–H groups in total. The number of hydrogen-bond donors (Lipinski definition) is 2. The summed E-state index contributed by atoms with van der Waals surface area (Å²) in [6.45, 7) is 5.60. The fourth-order valence-corrected chi connectivity index (χ4v) is 2.94. The molecule has 4 nitrogen and oxygen atoms in total. The van der Waals surface area contributed by atoms with Crippen molar-refractivity contribution in [2.45, 2.75) is 110 Å². The lowest BCUT2D eigenvalue weighted by Crippen LogP contribution is -2.26. The van der Waals surface area contributed by atoms with Crippen LogP contribution >= 0.6 is 0 Å². The molecular weight excluding hydrogens is 304 g/mol. The molecule has 2 unspecified atom stereocenters. The van der Waals surface area contributed by atoms with E-state index in [0.717, 1.165) is 19.3 Å². The molecule has 0 aromatic carbocycles. The summed E-state index contributed by atoms with van der Waals surface area (Å²) in [6.07, 6.45) is 12.7. The molecule has 0 radical (unpaired) electrons. The lowest BCUT2D eigenvalue weighted by molar-refractivity contribution is -0.154. The maximum Gasteiger partial charge on any atom is 0.309 e. The Kier molecular flexibility index (Phi) is 15.5.